The molecule has 0 heterocycles. The second-order valence-corrected chi connectivity index (χ2v) is 3.59. The van der Waals surface area contributed by atoms with Gasteiger partial charge in [0.25, 0.3) is 0 Å². The van der Waals surface area contributed by atoms with E-state index in [9.17, 15) is 5.11 Å². The molecule has 2 N–H and O–H groups in total. The van der Waals surface area contributed by atoms with E-state index in [4.69, 9.17) is 10.1 Å². The summed E-state index contributed by atoms with van der Waals surface area (Å²) in [6.07, 6.45) is 0.888. The number of rotatable bonds is 4. The van der Waals surface area contributed by atoms with Crippen LogP contribution >= 0.6 is 0 Å². The molecule has 0 amide bonds. The fraction of sp³-hybridized carbons (Fsp3) is 0.417. The average Bonchev–Trinajstić information content (AvgIpc) is 2.26. The van der Waals surface area contributed by atoms with Gasteiger partial charge in [-0.2, -0.15) is 0 Å². The van der Waals surface area contributed by atoms with Crippen LogP contribution in [0.15, 0.2) is 24.3 Å². The molecule has 0 fully saturated rings. The predicted octanol–water partition coefficient (Wildman–Crippen LogP) is 2.93. The Labute approximate surface area is 90.2 Å². The normalized spacial score (nSPS) is 12.1. The summed E-state index contributed by atoms with van der Waals surface area (Å²) in [6, 6.07) is 7.01. The highest BCUT2D eigenvalue weighted by Crippen LogP contribution is 2.17. The maximum absolute atomic E-state index is 9.47. The molecular weight excluding hydrogens is 190 g/mol. The van der Waals surface area contributed by atoms with Crippen molar-refractivity contribution in [3.05, 3.63) is 29.8 Å². The van der Waals surface area contributed by atoms with E-state index in [1.165, 1.54) is 0 Å². The maximum atomic E-state index is 9.47. The van der Waals surface area contributed by atoms with Crippen LogP contribution in [0.4, 0.5) is 0 Å². The molecule has 0 aliphatic heterocycles. The van der Waals surface area contributed by atoms with Crippen LogP contribution in [0.2, 0.25) is 0 Å². The van der Waals surface area contributed by atoms with Crippen LogP contribution in [0, 0.1) is 11.3 Å². The molecule has 1 rings (SSSR count). The third-order valence-corrected chi connectivity index (χ3v) is 2.43. The van der Waals surface area contributed by atoms with Gasteiger partial charge in [-0.1, -0.05) is 32.0 Å². The number of nitrogens with one attached hydrogen (secondary N) is 1. The van der Waals surface area contributed by atoms with Crippen molar-refractivity contribution in [1.29, 1.82) is 5.41 Å². The Morgan fingerprint density at radius 3 is 2.73 bits per heavy atom. The molecule has 1 aromatic carbocycles. The average molecular weight is 207 g/mol. The highest BCUT2D eigenvalue weighted by atomic mass is 16.5. The van der Waals surface area contributed by atoms with Gasteiger partial charge in [0.05, 0.1) is 0 Å². The van der Waals surface area contributed by atoms with Crippen LogP contribution in [0.25, 0.3) is 0 Å². The van der Waals surface area contributed by atoms with Crippen LogP contribution in [-0.4, -0.2) is 11.0 Å². The molecule has 1 unspecified atom stereocenters. The standard InChI is InChI=1S/C12H17NO2/c1-3-9(2)12(13)15-8-10-6-4-5-7-11(10)14/h4-7,9,13-14H,3,8H2,1-2H3. The summed E-state index contributed by atoms with van der Waals surface area (Å²) in [5, 5.41) is 17.1. The van der Waals surface area contributed by atoms with Crippen molar-refractivity contribution in [2.75, 3.05) is 0 Å². The highest BCUT2D eigenvalue weighted by molar-refractivity contribution is 5.74. The molecule has 1 atom stereocenters. The predicted molar refractivity (Wildman–Crippen MR) is 60.1 cm³/mol. The van der Waals surface area contributed by atoms with Crippen LogP contribution in [0.3, 0.4) is 0 Å². The lowest BCUT2D eigenvalue weighted by molar-refractivity contribution is 0.261. The number of ether oxygens (including phenoxy) is 1. The summed E-state index contributed by atoms with van der Waals surface area (Å²) >= 11 is 0. The first-order valence-electron chi connectivity index (χ1n) is 5.13. The Bertz CT molecular complexity index is 336. The van der Waals surface area contributed by atoms with Gasteiger partial charge in [-0.3, -0.25) is 5.41 Å². The molecule has 0 aromatic heterocycles. The Balaban J connectivity index is 2.51. The number of benzene rings is 1. The van der Waals surface area contributed by atoms with Gasteiger partial charge >= 0.3 is 0 Å². The van der Waals surface area contributed by atoms with E-state index < -0.39 is 0 Å². The summed E-state index contributed by atoms with van der Waals surface area (Å²) < 4.78 is 5.28. The van der Waals surface area contributed by atoms with Crippen molar-refractivity contribution < 1.29 is 9.84 Å². The zero-order valence-corrected chi connectivity index (χ0v) is 9.16. The van der Waals surface area contributed by atoms with Gasteiger partial charge in [0.1, 0.15) is 12.4 Å². The van der Waals surface area contributed by atoms with Crippen molar-refractivity contribution in [3.8, 4) is 5.75 Å². The van der Waals surface area contributed by atoms with Crippen molar-refractivity contribution in [1.82, 2.24) is 0 Å². The molecule has 3 heteroatoms. The SMILES string of the molecule is CCC(C)C(=N)OCc1ccccc1O. The monoisotopic (exact) mass is 207 g/mol. The molecule has 0 bridgehead atoms. The van der Waals surface area contributed by atoms with Crippen molar-refractivity contribution in [2.24, 2.45) is 5.92 Å². The van der Waals surface area contributed by atoms with E-state index in [0.717, 1.165) is 6.42 Å². The Kier molecular flexibility index (Phi) is 4.16. The number of para-hydroxylation sites is 1. The topological polar surface area (TPSA) is 53.3 Å². The molecule has 82 valence electrons. The molecule has 0 aliphatic rings. The maximum Gasteiger partial charge on any atom is 0.183 e. The lowest BCUT2D eigenvalue weighted by Crippen LogP contribution is -2.12. The fourth-order valence-electron chi connectivity index (χ4n) is 1.12. The third kappa shape index (κ3) is 3.27. The summed E-state index contributed by atoms with van der Waals surface area (Å²) in [5.41, 5.74) is 0.713. The number of hydrogen-bond donors (Lipinski definition) is 2. The number of phenolic OH excluding ortho intramolecular Hbond substituents is 1. The highest BCUT2D eigenvalue weighted by Gasteiger charge is 2.08. The van der Waals surface area contributed by atoms with Gasteiger partial charge in [-0.15, -0.1) is 0 Å². The van der Waals surface area contributed by atoms with E-state index in [-0.39, 0.29) is 24.2 Å². The second kappa shape index (κ2) is 5.39. The Morgan fingerprint density at radius 2 is 2.13 bits per heavy atom. The molecule has 3 nitrogen and oxygen atoms in total. The smallest absolute Gasteiger partial charge is 0.183 e. The lowest BCUT2D eigenvalue weighted by Gasteiger charge is -2.12. The molecule has 15 heavy (non-hydrogen) atoms. The molecule has 0 radical (unpaired) electrons. The molecular formula is C12H17NO2. The summed E-state index contributed by atoms with van der Waals surface area (Å²) in [6.45, 7) is 4.23. The van der Waals surface area contributed by atoms with Gasteiger partial charge in [-0.05, 0) is 12.5 Å². The minimum atomic E-state index is 0.135. The van der Waals surface area contributed by atoms with Crippen LogP contribution in [0.5, 0.6) is 5.75 Å². The quantitative estimate of drug-likeness (QED) is 0.589. The zero-order valence-electron chi connectivity index (χ0n) is 9.16. The largest absolute Gasteiger partial charge is 0.508 e. The molecule has 0 saturated carbocycles. The first-order chi connectivity index (χ1) is 7.15. The van der Waals surface area contributed by atoms with Crippen molar-refractivity contribution >= 4 is 5.90 Å². The van der Waals surface area contributed by atoms with Crippen molar-refractivity contribution in [2.45, 2.75) is 26.9 Å². The number of aromatic hydroxyl groups is 1. The van der Waals surface area contributed by atoms with E-state index >= 15 is 0 Å². The molecule has 1 aromatic rings. The van der Waals surface area contributed by atoms with Gasteiger partial charge in [0.2, 0.25) is 0 Å². The van der Waals surface area contributed by atoms with E-state index in [0.29, 0.717) is 5.56 Å². The van der Waals surface area contributed by atoms with E-state index in [1.54, 1.807) is 18.2 Å². The Hall–Kier alpha value is -1.51. The van der Waals surface area contributed by atoms with E-state index in [1.807, 2.05) is 19.9 Å². The molecule has 0 aliphatic carbocycles. The third-order valence-electron chi connectivity index (χ3n) is 2.43. The zero-order chi connectivity index (χ0) is 11.3. The molecule has 0 spiro atoms. The first kappa shape index (κ1) is 11.6. The lowest BCUT2D eigenvalue weighted by atomic mass is 10.1. The Morgan fingerprint density at radius 1 is 1.47 bits per heavy atom. The number of hydrogen-bond acceptors (Lipinski definition) is 3. The summed E-state index contributed by atoms with van der Waals surface area (Å²) in [5.74, 6) is 0.631. The van der Waals surface area contributed by atoms with E-state index in [2.05, 4.69) is 0 Å². The van der Waals surface area contributed by atoms with Gasteiger partial charge in [0, 0.05) is 11.5 Å². The summed E-state index contributed by atoms with van der Waals surface area (Å²) in [4.78, 5) is 0. The van der Waals surface area contributed by atoms with Gasteiger partial charge in [0.15, 0.2) is 5.90 Å². The van der Waals surface area contributed by atoms with Crippen LogP contribution in [-0.2, 0) is 11.3 Å². The first-order valence-corrected chi connectivity index (χ1v) is 5.13. The fourth-order valence-corrected chi connectivity index (χ4v) is 1.12. The van der Waals surface area contributed by atoms with Gasteiger partial charge < -0.3 is 9.84 Å². The van der Waals surface area contributed by atoms with Crippen molar-refractivity contribution in [3.63, 3.8) is 0 Å². The molecule has 0 saturated heterocycles. The minimum absolute atomic E-state index is 0.135. The minimum Gasteiger partial charge on any atom is -0.508 e. The van der Waals surface area contributed by atoms with Crippen LogP contribution < -0.4 is 0 Å². The second-order valence-electron chi connectivity index (χ2n) is 3.59. The summed E-state index contributed by atoms with van der Waals surface area (Å²) in [7, 11) is 0. The van der Waals surface area contributed by atoms with Crippen LogP contribution in [0.1, 0.15) is 25.8 Å². The van der Waals surface area contributed by atoms with Gasteiger partial charge in [-0.25, -0.2) is 0 Å². The number of phenols is 1.